The van der Waals surface area contributed by atoms with E-state index in [1.165, 1.54) is 11.3 Å². The van der Waals surface area contributed by atoms with Crippen LogP contribution in [0.2, 0.25) is 5.02 Å². The van der Waals surface area contributed by atoms with E-state index in [9.17, 15) is 4.79 Å². The van der Waals surface area contributed by atoms with E-state index >= 15 is 0 Å². The SMILES string of the molecule is Cl.O=C(CCC1CCNC1)Nc1nnc(-c2cccc(Cl)c2)s1. The van der Waals surface area contributed by atoms with Gasteiger partial charge in [0.2, 0.25) is 11.0 Å². The molecule has 5 nitrogen and oxygen atoms in total. The van der Waals surface area contributed by atoms with Crippen LogP contribution in [0.4, 0.5) is 5.13 Å². The van der Waals surface area contributed by atoms with Gasteiger partial charge < -0.3 is 10.6 Å². The van der Waals surface area contributed by atoms with Crippen molar-refractivity contribution in [2.24, 2.45) is 5.92 Å². The molecule has 0 radical (unpaired) electrons. The number of aromatic nitrogens is 2. The molecule has 1 amide bonds. The second-order valence-electron chi connectivity index (χ2n) is 5.37. The molecule has 1 fully saturated rings. The quantitative estimate of drug-likeness (QED) is 0.840. The molecule has 2 aromatic rings. The number of rotatable bonds is 5. The van der Waals surface area contributed by atoms with E-state index in [2.05, 4.69) is 20.8 Å². The zero-order valence-corrected chi connectivity index (χ0v) is 14.8. The molecule has 0 bridgehead atoms. The Hall–Kier alpha value is -1.21. The number of nitrogens with zero attached hydrogens (tertiary/aromatic N) is 2. The third-order valence-electron chi connectivity index (χ3n) is 3.68. The van der Waals surface area contributed by atoms with Crippen molar-refractivity contribution in [1.29, 1.82) is 0 Å². The molecule has 1 aliphatic rings. The van der Waals surface area contributed by atoms with E-state index in [1.54, 1.807) is 0 Å². The molecular formula is C15H18Cl2N4OS. The monoisotopic (exact) mass is 372 g/mol. The van der Waals surface area contributed by atoms with Crippen molar-refractivity contribution in [2.45, 2.75) is 19.3 Å². The van der Waals surface area contributed by atoms with Gasteiger partial charge in [-0.15, -0.1) is 22.6 Å². The second kappa shape index (κ2) is 8.59. The number of benzene rings is 1. The van der Waals surface area contributed by atoms with Gasteiger partial charge in [-0.25, -0.2) is 0 Å². The molecule has 0 aliphatic carbocycles. The summed E-state index contributed by atoms with van der Waals surface area (Å²) in [6, 6.07) is 7.44. The van der Waals surface area contributed by atoms with Crippen molar-refractivity contribution in [3.63, 3.8) is 0 Å². The first-order valence-corrected chi connectivity index (χ1v) is 8.50. The van der Waals surface area contributed by atoms with Crippen LogP contribution in [0, 0.1) is 5.92 Å². The summed E-state index contributed by atoms with van der Waals surface area (Å²) in [4.78, 5) is 12.0. The van der Waals surface area contributed by atoms with Crippen LogP contribution in [0.25, 0.3) is 10.6 Å². The predicted octanol–water partition coefficient (Wildman–Crippen LogP) is 3.61. The van der Waals surface area contributed by atoms with E-state index in [0.717, 1.165) is 36.5 Å². The maximum Gasteiger partial charge on any atom is 0.226 e. The van der Waals surface area contributed by atoms with Gasteiger partial charge in [0.1, 0.15) is 5.01 Å². The summed E-state index contributed by atoms with van der Waals surface area (Å²) < 4.78 is 0. The van der Waals surface area contributed by atoms with E-state index in [-0.39, 0.29) is 18.3 Å². The first-order chi connectivity index (χ1) is 10.7. The first kappa shape index (κ1) is 18.1. The molecule has 124 valence electrons. The van der Waals surface area contributed by atoms with Gasteiger partial charge in [-0.3, -0.25) is 4.79 Å². The molecule has 1 aromatic heterocycles. The molecule has 1 saturated heterocycles. The Morgan fingerprint density at radius 2 is 2.30 bits per heavy atom. The van der Waals surface area contributed by atoms with Crippen molar-refractivity contribution in [3.05, 3.63) is 29.3 Å². The Bertz CT molecular complexity index is 658. The molecule has 23 heavy (non-hydrogen) atoms. The fourth-order valence-electron chi connectivity index (χ4n) is 2.49. The number of carbonyl (C=O) groups excluding carboxylic acids is 1. The summed E-state index contributed by atoms with van der Waals surface area (Å²) >= 11 is 7.33. The number of anilines is 1. The molecule has 8 heteroatoms. The van der Waals surface area contributed by atoms with Gasteiger partial charge in [-0.1, -0.05) is 35.1 Å². The topological polar surface area (TPSA) is 66.9 Å². The third-order valence-corrected chi connectivity index (χ3v) is 4.81. The molecule has 0 saturated carbocycles. The fourth-order valence-corrected chi connectivity index (χ4v) is 3.44. The first-order valence-electron chi connectivity index (χ1n) is 7.31. The van der Waals surface area contributed by atoms with Crippen LogP contribution in [0.1, 0.15) is 19.3 Å². The number of halogens is 2. The maximum atomic E-state index is 12.0. The molecule has 2 N–H and O–H groups in total. The smallest absolute Gasteiger partial charge is 0.226 e. The highest BCUT2D eigenvalue weighted by Gasteiger charge is 2.16. The lowest BCUT2D eigenvalue weighted by Gasteiger charge is -2.06. The summed E-state index contributed by atoms with van der Waals surface area (Å²) in [5.74, 6) is 0.614. The van der Waals surface area contributed by atoms with Crippen LogP contribution in [-0.4, -0.2) is 29.2 Å². The highest BCUT2D eigenvalue weighted by molar-refractivity contribution is 7.18. The number of hydrogen-bond donors (Lipinski definition) is 2. The van der Waals surface area contributed by atoms with Crippen molar-refractivity contribution in [3.8, 4) is 10.6 Å². The van der Waals surface area contributed by atoms with Gasteiger partial charge in [-0.2, -0.15) is 0 Å². The third kappa shape index (κ3) is 5.14. The molecule has 1 aliphatic heterocycles. The number of nitrogens with one attached hydrogen (secondary N) is 2. The molecule has 1 unspecified atom stereocenters. The van der Waals surface area contributed by atoms with Gasteiger partial charge >= 0.3 is 0 Å². The van der Waals surface area contributed by atoms with Crippen LogP contribution >= 0.6 is 35.3 Å². The largest absolute Gasteiger partial charge is 0.316 e. The Kier molecular flexibility index (Phi) is 6.77. The molecule has 1 aromatic carbocycles. The van der Waals surface area contributed by atoms with Crippen LogP contribution in [-0.2, 0) is 4.79 Å². The van der Waals surface area contributed by atoms with Gasteiger partial charge in [0, 0.05) is 17.0 Å². The summed E-state index contributed by atoms with van der Waals surface area (Å²) in [6.07, 6.45) is 2.60. The van der Waals surface area contributed by atoms with Gasteiger partial charge in [-0.05, 0) is 44.0 Å². The molecule has 2 heterocycles. The van der Waals surface area contributed by atoms with Crippen molar-refractivity contribution in [1.82, 2.24) is 15.5 Å². The van der Waals surface area contributed by atoms with Gasteiger partial charge in [0.05, 0.1) is 0 Å². The number of amides is 1. The average Bonchev–Trinajstić information content (AvgIpc) is 3.16. The Balaban J connectivity index is 0.00000192. The molecule has 1 atom stereocenters. The fraction of sp³-hybridized carbons (Fsp3) is 0.400. The van der Waals surface area contributed by atoms with E-state index in [0.29, 0.717) is 22.5 Å². The van der Waals surface area contributed by atoms with Crippen LogP contribution in [0.15, 0.2) is 24.3 Å². The highest BCUT2D eigenvalue weighted by Crippen LogP contribution is 2.28. The van der Waals surface area contributed by atoms with E-state index < -0.39 is 0 Å². The minimum atomic E-state index is 0. The molecule has 3 rings (SSSR count). The lowest BCUT2D eigenvalue weighted by Crippen LogP contribution is -2.14. The van der Waals surface area contributed by atoms with Crippen molar-refractivity contribution >= 4 is 46.4 Å². The Labute approximate surface area is 150 Å². The summed E-state index contributed by atoms with van der Waals surface area (Å²) in [7, 11) is 0. The highest BCUT2D eigenvalue weighted by atomic mass is 35.5. The molecule has 0 spiro atoms. The van der Waals surface area contributed by atoms with Crippen LogP contribution in [0.3, 0.4) is 0 Å². The zero-order chi connectivity index (χ0) is 15.4. The summed E-state index contributed by atoms with van der Waals surface area (Å²) in [6.45, 7) is 2.08. The lowest BCUT2D eigenvalue weighted by atomic mass is 10.0. The predicted molar refractivity (Wildman–Crippen MR) is 96.4 cm³/mol. The summed E-state index contributed by atoms with van der Waals surface area (Å²) in [5, 5.41) is 16.2. The lowest BCUT2D eigenvalue weighted by molar-refractivity contribution is -0.116. The van der Waals surface area contributed by atoms with E-state index in [4.69, 9.17) is 11.6 Å². The van der Waals surface area contributed by atoms with Crippen molar-refractivity contribution < 1.29 is 4.79 Å². The van der Waals surface area contributed by atoms with Crippen LogP contribution < -0.4 is 10.6 Å². The average molecular weight is 373 g/mol. The normalized spacial score (nSPS) is 16.8. The minimum Gasteiger partial charge on any atom is -0.316 e. The summed E-state index contributed by atoms with van der Waals surface area (Å²) in [5.41, 5.74) is 0.905. The minimum absolute atomic E-state index is 0. The van der Waals surface area contributed by atoms with Crippen LogP contribution in [0.5, 0.6) is 0 Å². The second-order valence-corrected chi connectivity index (χ2v) is 6.78. The number of hydrogen-bond acceptors (Lipinski definition) is 5. The zero-order valence-electron chi connectivity index (χ0n) is 12.4. The van der Waals surface area contributed by atoms with Gasteiger partial charge in [0.15, 0.2) is 0 Å². The standard InChI is InChI=1S/C15H17ClN4OS.ClH/c16-12-3-1-2-11(8-12)14-19-20-15(22-14)18-13(21)5-4-10-6-7-17-9-10;/h1-3,8,10,17H,4-7,9H2,(H,18,20,21);1H. The maximum absolute atomic E-state index is 12.0. The number of carbonyl (C=O) groups is 1. The molecular weight excluding hydrogens is 355 g/mol. The Morgan fingerprint density at radius 1 is 1.43 bits per heavy atom. The van der Waals surface area contributed by atoms with E-state index in [1.807, 2.05) is 24.3 Å². The van der Waals surface area contributed by atoms with Crippen molar-refractivity contribution in [2.75, 3.05) is 18.4 Å². The Morgan fingerprint density at radius 3 is 3.04 bits per heavy atom. The van der Waals surface area contributed by atoms with Gasteiger partial charge in [0.25, 0.3) is 0 Å².